The van der Waals surface area contributed by atoms with E-state index in [-0.39, 0.29) is 17.7 Å². The second-order valence-electron chi connectivity index (χ2n) is 6.01. The van der Waals surface area contributed by atoms with Crippen LogP contribution in [-0.2, 0) is 17.9 Å². The number of carbonyl (C=O) groups excluding carboxylic acids is 2. The molecule has 130 valence electrons. The molecule has 7 nitrogen and oxygen atoms in total. The third-order valence-electron chi connectivity index (χ3n) is 4.13. The fourth-order valence-corrected chi connectivity index (χ4v) is 2.86. The fourth-order valence-electron chi connectivity index (χ4n) is 2.86. The van der Waals surface area contributed by atoms with Crippen LogP contribution in [0.25, 0.3) is 0 Å². The standard InChI is InChI=1S/C17H25N5O2/c1-5-15(10-21-9-7-18-11-21)19-16(24)6-8-22-13(3)17(14(4)23)12(2)20-22/h7,9,11,15H,5-6,8,10H2,1-4H3,(H,19,24)/t15-/m0/s1. The number of aromatic nitrogens is 4. The summed E-state index contributed by atoms with van der Waals surface area (Å²) < 4.78 is 3.69. The van der Waals surface area contributed by atoms with E-state index in [2.05, 4.69) is 15.4 Å². The first-order chi connectivity index (χ1) is 11.4. The van der Waals surface area contributed by atoms with E-state index in [4.69, 9.17) is 0 Å². The van der Waals surface area contributed by atoms with Gasteiger partial charge in [-0.25, -0.2) is 4.98 Å². The molecule has 2 aromatic rings. The molecule has 2 aromatic heterocycles. The molecule has 0 aromatic carbocycles. The minimum atomic E-state index is -0.0149. The molecular formula is C17H25N5O2. The lowest BCUT2D eigenvalue weighted by molar-refractivity contribution is -0.122. The highest BCUT2D eigenvalue weighted by molar-refractivity contribution is 5.96. The first-order valence-electron chi connectivity index (χ1n) is 8.22. The van der Waals surface area contributed by atoms with Crippen molar-refractivity contribution in [3.8, 4) is 0 Å². The molecule has 0 saturated heterocycles. The maximum absolute atomic E-state index is 12.2. The molecule has 7 heteroatoms. The monoisotopic (exact) mass is 331 g/mol. The molecule has 1 N–H and O–H groups in total. The van der Waals surface area contributed by atoms with Gasteiger partial charge in [-0.1, -0.05) is 6.92 Å². The van der Waals surface area contributed by atoms with E-state index in [9.17, 15) is 9.59 Å². The van der Waals surface area contributed by atoms with Gasteiger partial charge in [-0.05, 0) is 27.2 Å². The van der Waals surface area contributed by atoms with E-state index in [0.29, 0.717) is 30.8 Å². The summed E-state index contributed by atoms with van der Waals surface area (Å²) in [7, 11) is 0. The first kappa shape index (κ1) is 17.9. The Bertz CT molecular complexity index is 703. The van der Waals surface area contributed by atoms with Crippen molar-refractivity contribution in [3.05, 3.63) is 35.7 Å². The van der Waals surface area contributed by atoms with Crippen LogP contribution in [0, 0.1) is 13.8 Å². The van der Waals surface area contributed by atoms with Gasteiger partial charge in [-0.3, -0.25) is 14.3 Å². The normalized spacial score (nSPS) is 12.2. The fraction of sp³-hybridized carbons (Fsp3) is 0.529. The summed E-state index contributed by atoms with van der Waals surface area (Å²) in [6, 6.07) is 0.0694. The molecule has 2 rings (SSSR count). The van der Waals surface area contributed by atoms with Crippen LogP contribution in [0.2, 0.25) is 0 Å². The Hall–Kier alpha value is -2.44. The zero-order valence-corrected chi connectivity index (χ0v) is 14.7. The van der Waals surface area contributed by atoms with Crippen LogP contribution in [0.4, 0.5) is 0 Å². The van der Waals surface area contributed by atoms with Crippen LogP contribution >= 0.6 is 0 Å². The number of ketones is 1. The zero-order valence-electron chi connectivity index (χ0n) is 14.7. The summed E-state index contributed by atoms with van der Waals surface area (Å²) >= 11 is 0. The van der Waals surface area contributed by atoms with E-state index >= 15 is 0 Å². The maximum atomic E-state index is 12.2. The highest BCUT2D eigenvalue weighted by Crippen LogP contribution is 2.14. The zero-order chi connectivity index (χ0) is 17.7. The van der Waals surface area contributed by atoms with Gasteiger partial charge < -0.3 is 9.88 Å². The topological polar surface area (TPSA) is 81.8 Å². The summed E-state index contributed by atoms with van der Waals surface area (Å²) in [6.45, 7) is 8.43. The summed E-state index contributed by atoms with van der Waals surface area (Å²) in [5.74, 6) is -0.00836. The smallest absolute Gasteiger partial charge is 0.222 e. The molecule has 1 amide bonds. The summed E-state index contributed by atoms with van der Waals surface area (Å²) in [5.41, 5.74) is 2.19. The Labute approximate surface area is 142 Å². The third-order valence-corrected chi connectivity index (χ3v) is 4.13. The Morgan fingerprint density at radius 2 is 2.08 bits per heavy atom. The molecule has 0 aliphatic carbocycles. The van der Waals surface area contributed by atoms with Crippen LogP contribution in [-0.4, -0.2) is 37.1 Å². The Morgan fingerprint density at radius 1 is 1.33 bits per heavy atom. The van der Waals surface area contributed by atoms with Gasteiger partial charge in [0.2, 0.25) is 5.91 Å². The van der Waals surface area contributed by atoms with E-state index in [1.54, 1.807) is 17.2 Å². The molecule has 2 heterocycles. The molecule has 0 spiro atoms. The lowest BCUT2D eigenvalue weighted by Gasteiger charge is -2.17. The Morgan fingerprint density at radius 3 is 2.62 bits per heavy atom. The van der Waals surface area contributed by atoms with Gasteiger partial charge in [0.25, 0.3) is 0 Å². The average molecular weight is 331 g/mol. The van der Waals surface area contributed by atoms with Crippen molar-refractivity contribution in [2.24, 2.45) is 0 Å². The van der Waals surface area contributed by atoms with Gasteiger partial charge in [0.1, 0.15) is 0 Å². The lowest BCUT2D eigenvalue weighted by atomic mass is 10.1. The number of rotatable bonds is 8. The van der Waals surface area contributed by atoms with Crippen LogP contribution in [0.3, 0.4) is 0 Å². The van der Waals surface area contributed by atoms with Gasteiger partial charge in [0, 0.05) is 43.6 Å². The van der Waals surface area contributed by atoms with Crippen LogP contribution in [0.5, 0.6) is 0 Å². The number of aryl methyl sites for hydroxylation is 2. The predicted molar refractivity (Wildman–Crippen MR) is 90.8 cm³/mol. The number of imidazole rings is 1. The molecular weight excluding hydrogens is 306 g/mol. The second-order valence-corrected chi connectivity index (χ2v) is 6.01. The minimum Gasteiger partial charge on any atom is -0.352 e. The number of hydrogen-bond donors (Lipinski definition) is 1. The quantitative estimate of drug-likeness (QED) is 0.749. The number of carbonyl (C=O) groups is 2. The van der Waals surface area contributed by atoms with Crippen molar-refractivity contribution >= 4 is 11.7 Å². The van der Waals surface area contributed by atoms with Crippen molar-refractivity contribution < 1.29 is 9.59 Å². The molecule has 0 bridgehead atoms. The van der Waals surface area contributed by atoms with E-state index in [1.807, 2.05) is 31.5 Å². The van der Waals surface area contributed by atoms with Gasteiger partial charge in [0.15, 0.2) is 5.78 Å². The van der Waals surface area contributed by atoms with Gasteiger partial charge >= 0.3 is 0 Å². The molecule has 0 aliphatic rings. The molecule has 1 atom stereocenters. The Kier molecular flexibility index (Phi) is 5.89. The van der Waals surface area contributed by atoms with Crippen molar-refractivity contribution in [3.63, 3.8) is 0 Å². The largest absolute Gasteiger partial charge is 0.352 e. The minimum absolute atomic E-state index is 0.00656. The van der Waals surface area contributed by atoms with Crippen molar-refractivity contribution in [2.75, 3.05) is 0 Å². The molecule has 0 saturated carbocycles. The maximum Gasteiger partial charge on any atom is 0.222 e. The molecule has 0 aliphatic heterocycles. The van der Waals surface area contributed by atoms with Crippen molar-refractivity contribution in [2.45, 2.75) is 59.7 Å². The van der Waals surface area contributed by atoms with E-state index in [0.717, 1.165) is 12.1 Å². The second kappa shape index (κ2) is 7.90. The predicted octanol–water partition coefficient (Wildman–Crippen LogP) is 1.88. The van der Waals surface area contributed by atoms with E-state index in [1.165, 1.54) is 6.92 Å². The van der Waals surface area contributed by atoms with Gasteiger partial charge in [-0.2, -0.15) is 5.10 Å². The molecule has 0 fully saturated rings. The van der Waals surface area contributed by atoms with E-state index < -0.39 is 0 Å². The number of Topliss-reactive ketones (excluding diaryl/α,β-unsaturated/α-hetero) is 1. The van der Waals surface area contributed by atoms with Crippen LogP contribution < -0.4 is 5.32 Å². The van der Waals surface area contributed by atoms with Crippen LogP contribution in [0.1, 0.15) is 48.4 Å². The van der Waals surface area contributed by atoms with Crippen LogP contribution in [0.15, 0.2) is 18.7 Å². The molecule has 24 heavy (non-hydrogen) atoms. The number of nitrogens with zero attached hydrogens (tertiary/aromatic N) is 4. The summed E-state index contributed by atoms with van der Waals surface area (Å²) in [4.78, 5) is 27.9. The average Bonchev–Trinajstić information content (AvgIpc) is 3.12. The van der Waals surface area contributed by atoms with Crippen molar-refractivity contribution in [1.29, 1.82) is 0 Å². The number of amides is 1. The third kappa shape index (κ3) is 4.31. The summed E-state index contributed by atoms with van der Waals surface area (Å²) in [5, 5.41) is 7.41. The number of nitrogens with one attached hydrogen (secondary N) is 1. The highest BCUT2D eigenvalue weighted by atomic mass is 16.1. The van der Waals surface area contributed by atoms with Crippen molar-refractivity contribution in [1.82, 2.24) is 24.6 Å². The highest BCUT2D eigenvalue weighted by Gasteiger charge is 2.16. The Balaban J connectivity index is 1.91. The molecule has 0 unspecified atom stereocenters. The SMILES string of the molecule is CC[C@@H](Cn1ccnc1)NC(=O)CCn1nc(C)c(C(C)=O)c1C. The lowest BCUT2D eigenvalue weighted by Crippen LogP contribution is -2.37. The molecule has 0 radical (unpaired) electrons. The summed E-state index contributed by atoms with van der Waals surface area (Å²) in [6.07, 6.45) is 6.53. The number of hydrogen-bond acceptors (Lipinski definition) is 4. The first-order valence-corrected chi connectivity index (χ1v) is 8.22. The van der Waals surface area contributed by atoms with Gasteiger partial charge in [0.05, 0.1) is 17.6 Å². The van der Waals surface area contributed by atoms with Gasteiger partial charge in [-0.15, -0.1) is 0 Å².